The van der Waals surface area contributed by atoms with E-state index in [-0.39, 0.29) is 5.97 Å². The van der Waals surface area contributed by atoms with E-state index in [1.54, 1.807) is 12.3 Å². The molecule has 0 saturated carbocycles. The van der Waals surface area contributed by atoms with Crippen LogP contribution in [-0.4, -0.2) is 36.7 Å². The van der Waals surface area contributed by atoms with Crippen LogP contribution in [0.1, 0.15) is 12.2 Å². The molecule has 78 valence electrons. The van der Waals surface area contributed by atoms with Gasteiger partial charge in [-0.25, -0.2) is 0 Å². The maximum atomic E-state index is 10.8. The Morgan fingerprint density at radius 1 is 1.71 bits per heavy atom. The highest BCUT2D eigenvalue weighted by Gasteiger charge is 2.06. The largest absolute Gasteiger partial charge is 0.469 e. The van der Waals surface area contributed by atoms with Gasteiger partial charge >= 0.3 is 5.97 Å². The van der Waals surface area contributed by atoms with Gasteiger partial charge < -0.3 is 9.26 Å². The average molecular weight is 198 g/mol. The molecule has 0 aliphatic carbocycles. The van der Waals surface area contributed by atoms with Crippen molar-refractivity contribution in [3.05, 3.63) is 18.0 Å². The second kappa shape index (κ2) is 5.39. The summed E-state index contributed by atoms with van der Waals surface area (Å²) < 4.78 is 9.46. The predicted molar refractivity (Wildman–Crippen MR) is 49.5 cm³/mol. The van der Waals surface area contributed by atoms with Crippen LogP contribution in [0.4, 0.5) is 0 Å². The summed E-state index contributed by atoms with van der Waals surface area (Å²) in [4.78, 5) is 12.8. The molecule has 5 heteroatoms. The van der Waals surface area contributed by atoms with Crippen LogP contribution in [0.15, 0.2) is 16.8 Å². The van der Waals surface area contributed by atoms with E-state index in [1.165, 1.54) is 7.11 Å². The molecule has 14 heavy (non-hydrogen) atoms. The van der Waals surface area contributed by atoms with E-state index in [9.17, 15) is 4.79 Å². The van der Waals surface area contributed by atoms with Gasteiger partial charge in [0, 0.05) is 12.6 Å². The Balaban J connectivity index is 2.22. The third-order valence-corrected chi connectivity index (χ3v) is 1.84. The smallest absolute Gasteiger partial charge is 0.306 e. The number of hydrogen-bond acceptors (Lipinski definition) is 5. The average Bonchev–Trinajstić information content (AvgIpc) is 2.66. The highest BCUT2D eigenvalue weighted by Crippen LogP contribution is 2.01. The van der Waals surface area contributed by atoms with E-state index in [2.05, 4.69) is 9.89 Å². The molecular weight excluding hydrogens is 184 g/mol. The first-order chi connectivity index (χ1) is 6.72. The highest BCUT2D eigenvalue weighted by molar-refractivity contribution is 5.69. The SMILES string of the molecule is COC(=O)CCN(C)Cc1ccno1. The lowest BCUT2D eigenvalue weighted by Gasteiger charge is -2.13. The lowest BCUT2D eigenvalue weighted by atomic mass is 10.3. The van der Waals surface area contributed by atoms with Gasteiger partial charge in [0.2, 0.25) is 0 Å². The van der Waals surface area contributed by atoms with Crippen molar-refractivity contribution >= 4 is 5.97 Å². The van der Waals surface area contributed by atoms with Gasteiger partial charge in [-0.1, -0.05) is 5.16 Å². The summed E-state index contributed by atoms with van der Waals surface area (Å²) in [6, 6.07) is 1.80. The molecule has 1 rings (SSSR count). The van der Waals surface area contributed by atoms with Crippen molar-refractivity contribution in [2.45, 2.75) is 13.0 Å². The topological polar surface area (TPSA) is 55.6 Å². The van der Waals surface area contributed by atoms with E-state index >= 15 is 0 Å². The molecule has 0 aliphatic heterocycles. The molecule has 0 N–H and O–H groups in total. The number of hydrogen-bond donors (Lipinski definition) is 0. The minimum absolute atomic E-state index is 0.200. The lowest BCUT2D eigenvalue weighted by molar-refractivity contribution is -0.140. The molecule has 0 radical (unpaired) electrons. The first-order valence-electron chi connectivity index (χ1n) is 4.37. The second-order valence-corrected chi connectivity index (χ2v) is 3.04. The van der Waals surface area contributed by atoms with E-state index in [0.29, 0.717) is 19.5 Å². The first-order valence-corrected chi connectivity index (χ1v) is 4.37. The van der Waals surface area contributed by atoms with Gasteiger partial charge in [-0.05, 0) is 7.05 Å². The van der Waals surface area contributed by atoms with Crippen LogP contribution in [-0.2, 0) is 16.1 Å². The number of ether oxygens (including phenoxy) is 1. The number of carbonyl (C=O) groups is 1. The molecule has 0 atom stereocenters. The first kappa shape index (κ1) is 10.7. The molecule has 0 unspecified atom stereocenters. The van der Waals surface area contributed by atoms with Crippen LogP contribution in [0.5, 0.6) is 0 Å². The lowest BCUT2D eigenvalue weighted by Crippen LogP contribution is -2.21. The van der Waals surface area contributed by atoms with Crippen molar-refractivity contribution < 1.29 is 14.1 Å². The van der Waals surface area contributed by atoms with Crippen LogP contribution in [0, 0.1) is 0 Å². The summed E-state index contributed by atoms with van der Waals surface area (Å²) in [5, 5.41) is 3.59. The molecule has 5 nitrogen and oxygen atoms in total. The third kappa shape index (κ3) is 3.57. The molecule has 0 aliphatic rings. The van der Waals surface area contributed by atoms with Gasteiger partial charge in [0.25, 0.3) is 0 Å². The third-order valence-electron chi connectivity index (χ3n) is 1.84. The summed E-state index contributed by atoms with van der Waals surface area (Å²) in [5.41, 5.74) is 0. The quantitative estimate of drug-likeness (QED) is 0.651. The zero-order valence-electron chi connectivity index (χ0n) is 8.40. The molecule has 1 aromatic rings. The van der Waals surface area contributed by atoms with Crippen molar-refractivity contribution in [3.63, 3.8) is 0 Å². The standard InChI is InChI=1S/C9H14N2O3/c1-11(6-4-9(12)13-2)7-8-3-5-10-14-8/h3,5H,4,6-7H2,1-2H3. The zero-order valence-corrected chi connectivity index (χ0v) is 8.40. The van der Waals surface area contributed by atoms with Gasteiger partial charge in [-0.2, -0.15) is 0 Å². The summed E-state index contributed by atoms with van der Waals surface area (Å²) in [6.45, 7) is 1.30. The molecule has 0 saturated heterocycles. The number of carbonyl (C=O) groups excluding carboxylic acids is 1. The summed E-state index contributed by atoms with van der Waals surface area (Å²) in [7, 11) is 3.30. The summed E-state index contributed by atoms with van der Waals surface area (Å²) in [6.07, 6.45) is 1.99. The molecule has 1 heterocycles. The van der Waals surface area contributed by atoms with Crippen LogP contribution >= 0.6 is 0 Å². The van der Waals surface area contributed by atoms with Gasteiger partial charge in [-0.15, -0.1) is 0 Å². The van der Waals surface area contributed by atoms with Crippen molar-refractivity contribution in [3.8, 4) is 0 Å². The Bertz CT molecular complexity index is 272. The number of rotatable bonds is 5. The van der Waals surface area contributed by atoms with Crippen molar-refractivity contribution in [2.24, 2.45) is 0 Å². The summed E-state index contributed by atoms with van der Waals surface area (Å²) >= 11 is 0. The van der Waals surface area contributed by atoms with Crippen molar-refractivity contribution in [1.29, 1.82) is 0 Å². The zero-order chi connectivity index (χ0) is 10.4. The Hall–Kier alpha value is -1.36. The Labute approximate surface area is 82.6 Å². The maximum Gasteiger partial charge on any atom is 0.306 e. The second-order valence-electron chi connectivity index (χ2n) is 3.04. The van der Waals surface area contributed by atoms with Crippen molar-refractivity contribution in [2.75, 3.05) is 20.7 Å². The number of methoxy groups -OCH3 is 1. The van der Waals surface area contributed by atoms with E-state index in [4.69, 9.17) is 4.52 Å². The molecular formula is C9H14N2O3. The molecule has 0 fully saturated rings. The molecule has 0 aromatic carbocycles. The van der Waals surface area contributed by atoms with Gasteiger partial charge in [0.05, 0.1) is 26.3 Å². The molecule has 0 spiro atoms. The fraction of sp³-hybridized carbons (Fsp3) is 0.556. The highest BCUT2D eigenvalue weighted by atomic mass is 16.5. The predicted octanol–water partition coefficient (Wildman–Crippen LogP) is 0.669. The monoisotopic (exact) mass is 198 g/mol. The van der Waals surface area contributed by atoms with Crippen LogP contribution < -0.4 is 0 Å². The minimum Gasteiger partial charge on any atom is -0.469 e. The van der Waals surface area contributed by atoms with Crippen molar-refractivity contribution in [1.82, 2.24) is 10.1 Å². The fourth-order valence-electron chi connectivity index (χ4n) is 1.05. The van der Waals surface area contributed by atoms with Crippen LogP contribution in [0.25, 0.3) is 0 Å². The maximum absolute atomic E-state index is 10.8. The normalized spacial score (nSPS) is 10.5. The number of esters is 1. The van der Waals surface area contributed by atoms with Gasteiger partial charge in [-0.3, -0.25) is 9.69 Å². The van der Waals surface area contributed by atoms with Crippen LogP contribution in [0.3, 0.4) is 0 Å². The Kier molecular flexibility index (Phi) is 4.12. The molecule has 0 amide bonds. The number of aromatic nitrogens is 1. The van der Waals surface area contributed by atoms with E-state index in [0.717, 1.165) is 5.76 Å². The van der Waals surface area contributed by atoms with Crippen LogP contribution in [0.2, 0.25) is 0 Å². The minimum atomic E-state index is -0.200. The Morgan fingerprint density at radius 2 is 2.50 bits per heavy atom. The van der Waals surface area contributed by atoms with E-state index in [1.807, 2.05) is 11.9 Å². The summed E-state index contributed by atoms with van der Waals surface area (Å²) in [5.74, 6) is 0.590. The molecule has 0 bridgehead atoms. The Morgan fingerprint density at radius 3 is 3.07 bits per heavy atom. The number of nitrogens with zero attached hydrogens (tertiary/aromatic N) is 2. The van der Waals surface area contributed by atoms with Gasteiger partial charge in [0.1, 0.15) is 0 Å². The van der Waals surface area contributed by atoms with Gasteiger partial charge in [0.15, 0.2) is 5.76 Å². The molecule has 1 aromatic heterocycles. The van der Waals surface area contributed by atoms with E-state index < -0.39 is 0 Å². The fourth-order valence-corrected chi connectivity index (χ4v) is 1.05.